The molecule has 1 amide bonds. The number of ether oxygens (including phenoxy) is 1. The molecule has 1 heterocycles. The van der Waals surface area contributed by atoms with E-state index < -0.39 is 44.4 Å². The molecule has 0 fully saturated rings. The van der Waals surface area contributed by atoms with Gasteiger partial charge in [-0.3, -0.25) is 4.79 Å². The van der Waals surface area contributed by atoms with Crippen LogP contribution in [0.4, 0.5) is 8.78 Å². The third-order valence-electron chi connectivity index (χ3n) is 4.67. The van der Waals surface area contributed by atoms with Crippen LogP contribution >= 0.6 is 0 Å². The van der Waals surface area contributed by atoms with Crippen molar-refractivity contribution in [2.75, 3.05) is 0 Å². The van der Waals surface area contributed by atoms with E-state index in [2.05, 4.69) is 15.0 Å². The highest BCUT2D eigenvalue weighted by Gasteiger charge is 2.29. The maximum absolute atomic E-state index is 14.0. The molecule has 2 N–H and O–H groups in total. The Balaban J connectivity index is 1.73. The number of halogens is 2. The Labute approximate surface area is 190 Å². The highest BCUT2D eigenvalue weighted by Crippen LogP contribution is 2.23. The molecule has 10 heteroatoms. The number of hydrogen-bond acceptors (Lipinski definition) is 5. The smallest absolute Gasteiger partial charge is 0.244 e. The SMILES string of the molecule is CC(C)[C@H](NS(=O)(=O)c1ccccc1F)C(=O)NCc1cccnc1Oc1cccc(F)c1. The van der Waals surface area contributed by atoms with Crippen LogP contribution in [0.2, 0.25) is 0 Å². The van der Waals surface area contributed by atoms with E-state index in [-0.39, 0.29) is 18.2 Å². The second-order valence-electron chi connectivity index (χ2n) is 7.52. The molecule has 0 saturated carbocycles. The van der Waals surface area contributed by atoms with Crippen molar-refractivity contribution in [1.82, 2.24) is 15.0 Å². The summed E-state index contributed by atoms with van der Waals surface area (Å²) >= 11 is 0. The fourth-order valence-electron chi connectivity index (χ4n) is 2.97. The molecule has 2 aromatic carbocycles. The lowest BCUT2D eigenvalue weighted by atomic mass is 10.0. The molecule has 0 unspecified atom stereocenters. The van der Waals surface area contributed by atoms with Gasteiger partial charge in [-0.1, -0.05) is 38.1 Å². The minimum absolute atomic E-state index is 0.0258. The van der Waals surface area contributed by atoms with Crippen LogP contribution in [0.5, 0.6) is 11.6 Å². The predicted octanol–water partition coefficient (Wildman–Crippen LogP) is 3.77. The standard InChI is InChI=1S/C23H23F2N3O4S/c1-15(2)21(28-33(30,31)20-11-4-3-10-19(20)25)22(29)27-14-16-7-6-12-26-23(16)32-18-9-5-8-17(24)13-18/h3-13,15,21,28H,14H2,1-2H3,(H,27,29)/t21-/m0/s1. The maximum Gasteiger partial charge on any atom is 0.244 e. The molecule has 0 aliphatic rings. The van der Waals surface area contributed by atoms with Gasteiger partial charge in [0.25, 0.3) is 0 Å². The van der Waals surface area contributed by atoms with Gasteiger partial charge in [0, 0.05) is 24.4 Å². The van der Waals surface area contributed by atoms with Crippen LogP contribution < -0.4 is 14.8 Å². The number of pyridine rings is 1. The number of amides is 1. The van der Waals surface area contributed by atoms with Gasteiger partial charge in [-0.2, -0.15) is 4.72 Å². The van der Waals surface area contributed by atoms with E-state index >= 15 is 0 Å². The zero-order valence-corrected chi connectivity index (χ0v) is 18.8. The highest BCUT2D eigenvalue weighted by molar-refractivity contribution is 7.89. The lowest BCUT2D eigenvalue weighted by Crippen LogP contribution is -2.49. The van der Waals surface area contributed by atoms with Crippen LogP contribution in [-0.2, 0) is 21.4 Å². The number of hydrogen-bond donors (Lipinski definition) is 2. The Morgan fingerprint density at radius 1 is 1.06 bits per heavy atom. The molecular weight excluding hydrogens is 452 g/mol. The quantitative estimate of drug-likeness (QED) is 0.491. The van der Waals surface area contributed by atoms with E-state index in [0.717, 1.165) is 12.1 Å². The molecule has 0 aliphatic carbocycles. The van der Waals surface area contributed by atoms with E-state index in [1.54, 1.807) is 32.0 Å². The molecule has 3 aromatic rings. The number of nitrogens with zero attached hydrogens (tertiary/aromatic N) is 1. The summed E-state index contributed by atoms with van der Waals surface area (Å²) in [6.45, 7) is 3.30. The molecule has 174 valence electrons. The average Bonchev–Trinajstić information content (AvgIpc) is 2.77. The first kappa shape index (κ1) is 24.3. The van der Waals surface area contributed by atoms with Gasteiger partial charge >= 0.3 is 0 Å². The van der Waals surface area contributed by atoms with Crippen molar-refractivity contribution in [3.63, 3.8) is 0 Å². The molecule has 3 rings (SSSR count). The summed E-state index contributed by atoms with van der Waals surface area (Å²) in [4.78, 5) is 16.4. The van der Waals surface area contributed by atoms with E-state index in [1.807, 2.05) is 0 Å². The van der Waals surface area contributed by atoms with E-state index in [1.165, 1.54) is 36.5 Å². The Bertz CT molecular complexity index is 1240. The van der Waals surface area contributed by atoms with Gasteiger partial charge in [-0.05, 0) is 36.2 Å². The molecule has 7 nitrogen and oxygen atoms in total. The number of aromatic nitrogens is 1. The van der Waals surface area contributed by atoms with Crippen molar-refractivity contribution >= 4 is 15.9 Å². The molecule has 0 radical (unpaired) electrons. The van der Waals surface area contributed by atoms with E-state index in [4.69, 9.17) is 4.74 Å². The third kappa shape index (κ3) is 6.33. The summed E-state index contributed by atoms with van der Waals surface area (Å²) in [6, 6.07) is 12.6. The van der Waals surface area contributed by atoms with Crippen molar-refractivity contribution in [3.8, 4) is 11.6 Å². The summed E-state index contributed by atoms with van der Waals surface area (Å²) in [6.07, 6.45) is 1.49. The topological polar surface area (TPSA) is 97.4 Å². The molecule has 0 bridgehead atoms. The van der Waals surface area contributed by atoms with Crippen LogP contribution in [0.1, 0.15) is 19.4 Å². The first-order valence-corrected chi connectivity index (χ1v) is 11.6. The van der Waals surface area contributed by atoms with Gasteiger partial charge in [0.15, 0.2) is 0 Å². The van der Waals surface area contributed by atoms with Crippen molar-refractivity contribution in [3.05, 3.63) is 84.1 Å². The summed E-state index contributed by atoms with van der Waals surface area (Å²) in [5.41, 5.74) is 0.495. The molecular formula is C23H23F2N3O4S. The minimum atomic E-state index is -4.27. The Morgan fingerprint density at radius 3 is 2.52 bits per heavy atom. The molecule has 0 saturated heterocycles. The molecule has 0 aliphatic heterocycles. The van der Waals surface area contributed by atoms with Crippen LogP contribution in [-0.4, -0.2) is 25.4 Å². The Kier molecular flexibility index (Phi) is 7.72. The molecule has 33 heavy (non-hydrogen) atoms. The Hall–Kier alpha value is -3.37. The number of sulfonamides is 1. The molecule has 1 atom stereocenters. The minimum Gasteiger partial charge on any atom is -0.439 e. The summed E-state index contributed by atoms with van der Waals surface area (Å²) in [5, 5.41) is 2.65. The highest BCUT2D eigenvalue weighted by atomic mass is 32.2. The van der Waals surface area contributed by atoms with Gasteiger partial charge in [0.05, 0.1) is 0 Å². The lowest BCUT2D eigenvalue weighted by Gasteiger charge is -2.22. The maximum atomic E-state index is 14.0. The number of carbonyl (C=O) groups is 1. The first-order chi connectivity index (χ1) is 15.7. The largest absolute Gasteiger partial charge is 0.439 e. The third-order valence-corrected chi connectivity index (χ3v) is 6.15. The second kappa shape index (κ2) is 10.5. The van der Waals surface area contributed by atoms with Crippen LogP contribution in [0, 0.1) is 17.6 Å². The predicted molar refractivity (Wildman–Crippen MR) is 118 cm³/mol. The number of carbonyl (C=O) groups excluding carboxylic acids is 1. The molecule has 1 aromatic heterocycles. The van der Waals surface area contributed by atoms with Gasteiger partial charge in [-0.15, -0.1) is 0 Å². The second-order valence-corrected chi connectivity index (χ2v) is 9.20. The monoisotopic (exact) mass is 475 g/mol. The zero-order valence-electron chi connectivity index (χ0n) is 18.0. The van der Waals surface area contributed by atoms with Crippen molar-refractivity contribution in [2.45, 2.75) is 31.3 Å². The first-order valence-electron chi connectivity index (χ1n) is 10.1. The van der Waals surface area contributed by atoms with Crippen molar-refractivity contribution in [2.24, 2.45) is 5.92 Å². The summed E-state index contributed by atoms with van der Waals surface area (Å²) in [7, 11) is -4.27. The number of nitrogens with one attached hydrogen (secondary N) is 2. The van der Waals surface area contributed by atoms with Gasteiger partial charge in [0.1, 0.15) is 28.3 Å². The fourth-order valence-corrected chi connectivity index (χ4v) is 4.39. The number of rotatable bonds is 9. The van der Waals surface area contributed by atoms with Crippen LogP contribution in [0.25, 0.3) is 0 Å². The van der Waals surface area contributed by atoms with Gasteiger partial charge < -0.3 is 10.1 Å². The average molecular weight is 476 g/mol. The van der Waals surface area contributed by atoms with E-state index in [9.17, 15) is 22.0 Å². The van der Waals surface area contributed by atoms with Gasteiger partial charge in [-0.25, -0.2) is 22.2 Å². The van der Waals surface area contributed by atoms with Crippen molar-refractivity contribution in [1.29, 1.82) is 0 Å². The van der Waals surface area contributed by atoms with Crippen molar-refractivity contribution < 1.29 is 26.7 Å². The zero-order chi connectivity index (χ0) is 24.0. The fraction of sp³-hybridized carbons (Fsp3) is 0.217. The number of benzene rings is 2. The normalized spacial score (nSPS) is 12.4. The summed E-state index contributed by atoms with van der Waals surface area (Å²) < 4.78 is 60.6. The van der Waals surface area contributed by atoms with E-state index in [0.29, 0.717) is 5.56 Å². The molecule has 0 spiro atoms. The summed E-state index contributed by atoms with van der Waals surface area (Å²) in [5.74, 6) is -2.02. The Morgan fingerprint density at radius 2 is 1.82 bits per heavy atom. The lowest BCUT2D eigenvalue weighted by molar-refractivity contribution is -0.123. The van der Waals surface area contributed by atoms with Crippen LogP contribution in [0.3, 0.4) is 0 Å². The van der Waals surface area contributed by atoms with Crippen LogP contribution in [0.15, 0.2) is 71.8 Å². The van der Waals surface area contributed by atoms with Gasteiger partial charge in [0.2, 0.25) is 21.8 Å².